The van der Waals surface area contributed by atoms with Crippen molar-refractivity contribution in [1.29, 1.82) is 0 Å². The van der Waals surface area contributed by atoms with Crippen molar-refractivity contribution in [2.24, 2.45) is 5.41 Å². The zero-order valence-electron chi connectivity index (χ0n) is 26.1. The number of nitrogens with zero attached hydrogens (tertiary/aromatic N) is 4. The summed E-state index contributed by atoms with van der Waals surface area (Å²) in [6.07, 6.45) is 5.55. The van der Waals surface area contributed by atoms with E-state index in [0.29, 0.717) is 24.3 Å². The lowest BCUT2D eigenvalue weighted by Crippen LogP contribution is -2.20. The number of nitrogens with one attached hydrogen (secondary N) is 4. The molecule has 0 fully saturated rings. The van der Waals surface area contributed by atoms with Gasteiger partial charge in [-0.05, 0) is 73.1 Å². The Morgan fingerprint density at radius 3 is 2.53 bits per heavy atom. The van der Waals surface area contributed by atoms with E-state index < -0.39 is 0 Å². The second-order valence-corrected chi connectivity index (χ2v) is 12.9. The maximum Gasteiger partial charge on any atom is 0.224 e. The highest BCUT2D eigenvalue weighted by Crippen LogP contribution is 2.36. The summed E-state index contributed by atoms with van der Waals surface area (Å²) in [5.41, 5.74) is 7.75. The van der Waals surface area contributed by atoms with Gasteiger partial charge in [-0.25, -0.2) is 9.37 Å². The van der Waals surface area contributed by atoms with Gasteiger partial charge in [0, 0.05) is 65.0 Å². The van der Waals surface area contributed by atoms with Gasteiger partial charge < -0.3 is 20.5 Å². The van der Waals surface area contributed by atoms with Crippen molar-refractivity contribution in [2.45, 2.75) is 27.2 Å². The Labute approximate surface area is 261 Å². The molecule has 0 aliphatic carbocycles. The van der Waals surface area contributed by atoms with Crippen molar-refractivity contribution in [3.05, 3.63) is 79.0 Å². The third kappa shape index (κ3) is 6.86. The average molecular weight is 605 g/mol. The quantitative estimate of drug-likeness (QED) is 0.137. The third-order valence-electron chi connectivity index (χ3n) is 7.49. The third-order valence-corrected chi connectivity index (χ3v) is 7.49. The fourth-order valence-electron chi connectivity index (χ4n) is 5.43. The van der Waals surface area contributed by atoms with Gasteiger partial charge in [0.05, 0.1) is 23.3 Å². The van der Waals surface area contributed by atoms with Gasteiger partial charge in [0.1, 0.15) is 5.82 Å². The van der Waals surface area contributed by atoms with E-state index in [4.69, 9.17) is 0 Å². The van der Waals surface area contributed by atoms with Crippen molar-refractivity contribution in [2.75, 3.05) is 37.8 Å². The Kier molecular flexibility index (Phi) is 8.07. The van der Waals surface area contributed by atoms with Gasteiger partial charge in [-0.1, -0.05) is 32.9 Å². The molecule has 45 heavy (non-hydrogen) atoms. The molecule has 0 aliphatic rings. The monoisotopic (exact) mass is 604 g/mol. The number of halogens is 1. The maximum absolute atomic E-state index is 14.7. The number of H-pyrrole nitrogens is 2. The summed E-state index contributed by atoms with van der Waals surface area (Å²) < 4.78 is 14.7. The van der Waals surface area contributed by atoms with Crippen molar-refractivity contribution in [3.8, 4) is 33.6 Å². The van der Waals surface area contributed by atoms with Crippen LogP contribution < -0.4 is 10.6 Å². The lowest BCUT2D eigenvalue weighted by Gasteiger charge is -2.17. The van der Waals surface area contributed by atoms with Gasteiger partial charge in [-0.15, -0.1) is 0 Å². The molecular formula is C35H37FN8O. The number of carbonyl (C=O) groups excluding carboxylic acids is 1. The molecule has 1 amide bonds. The Morgan fingerprint density at radius 2 is 1.73 bits per heavy atom. The predicted octanol–water partition coefficient (Wildman–Crippen LogP) is 7.32. The average Bonchev–Trinajstić information content (AvgIpc) is 3.59. The number of carbonyl (C=O) groups is 1. The van der Waals surface area contributed by atoms with Crippen LogP contribution in [0.1, 0.15) is 27.2 Å². The van der Waals surface area contributed by atoms with Crippen LogP contribution in [0, 0.1) is 11.2 Å². The van der Waals surface area contributed by atoms with E-state index in [-0.39, 0.29) is 17.1 Å². The fourth-order valence-corrected chi connectivity index (χ4v) is 5.43. The molecule has 0 bridgehead atoms. The topological polar surface area (TPSA) is 115 Å². The van der Waals surface area contributed by atoms with Gasteiger partial charge in [-0.2, -0.15) is 5.10 Å². The highest BCUT2D eigenvalue weighted by molar-refractivity contribution is 6.01. The summed E-state index contributed by atoms with van der Waals surface area (Å²) in [5.74, 6) is -0.349. The van der Waals surface area contributed by atoms with Crippen molar-refractivity contribution < 1.29 is 9.18 Å². The second kappa shape index (κ2) is 12.1. The Morgan fingerprint density at radius 1 is 0.933 bits per heavy atom. The first-order valence-electron chi connectivity index (χ1n) is 14.9. The number of anilines is 2. The highest BCUT2D eigenvalue weighted by atomic mass is 19.1. The van der Waals surface area contributed by atoms with E-state index in [1.54, 1.807) is 24.7 Å². The van der Waals surface area contributed by atoms with Crippen molar-refractivity contribution in [3.63, 3.8) is 0 Å². The van der Waals surface area contributed by atoms with Crippen LogP contribution in [-0.4, -0.2) is 63.1 Å². The van der Waals surface area contributed by atoms with Crippen LogP contribution in [0.3, 0.4) is 0 Å². The van der Waals surface area contributed by atoms with Crippen LogP contribution in [0.2, 0.25) is 0 Å². The van der Waals surface area contributed by atoms with Gasteiger partial charge in [0.15, 0.2) is 5.65 Å². The van der Waals surface area contributed by atoms with Gasteiger partial charge >= 0.3 is 0 Å². The van der Waals surface area contributed by atoms with Gasteiger partial charge in [-0.3, -0.25) is 14.9 Å². The Bertz CT molecular complexity index is 2000. The van der Waals surface area contributed by atoms with Crippen LogP contribution in [0.5, 0.6) is 0 Å². The first-order chi connectivity index (χ1) is 21.5. The van der Waals surface area contributed by atoms with E-state index in [1.165, 1.54) is 6.07 Å². The Hall–Kier alpha value is -5.09. The summed E-state index contributed by atoms with van der Waals surface area (Å²) in [6.45, 7) is 7.64. The van der Waals surface area contributed by atoms with Gasteiger partial charge in [0.2, 0.25) is 5.91 Å². The van der Waals surface area contributed by atoms with Crippen LogP contribution >= 0.6 is 0 Å². The summed E-state index contributed by atoms with van der Waals surface area (Å²) >= 11 is 0. The van der Waals surface area contributed by atoms with E-state index in [1.807, 2.05) is 71.3 Å². The van der Waals surface area contributed by atoms with Crippen LogP contribution in [0.15, 0.2) is 73.2 Å². The molecule has 6 rings (SSSR count). The molecule has 0 atom stereocenters. The first kappa shape index (κ1) is 30.0. The number of pyridine rings is 2. The summed E-state index contributed by atoms with van der Waals surface area (Å²) in [5, 5.41) is 15.7. The number of hydrogen-bond acceptors (Lipinski definition) is 6. The molecule has 2 aromatic carbocycles. The molecule has 0 radical (unpaired) electrons. The van der Waals surface area contributed by atoms with Crippen LogP contribution in [-0.2, 0) is 4.79 Å². The van der Waals surface area contributed by atoms with Crippen LogP contribution in [0.25, 0.3) is 55.6 Å². The number of rotatable bonds is 9. The van der Waals surface area contributed by atoms with E-state index in [9.17, 15) is 9.18 Å². The summed E-state index contributed by atoms with van der Waals surface area (Å²) in [6, 6.07) is 17.0. The SMILES string of the molecule is CN(C)CCNc1cc(F)cc(-c2cccc3[nH]c(-c4[nH]nc5ncc(-c6cncc(NC(=O)CC(C)(C)C)c6)cc45)cc23)c1. The van der Waals surface area contributed by atoms with E-state index in [0.717, 1.165) is 62.2 Å². The molecule has 4 heterocycles. The fraction of sp³-hybridized carbons (Fsp3) is 0.257. The largest absolute Gasteiger partial charge is 0.384 e. The molecule has 6 aromatic rings. The molecule has 4 N–H and O–H groups in total. The number of fused-ring (bicyclic) bond motifs is 2. The Balaban J connectivity index is 1.33. The highest BCUT2D eigenvalue weighted by Gasteiger charge is 2.18. The number of amides is 1. The lowest BCUT2D eigenvalue weighted by molar-refractivity contribution is -0.117. The van der Waals surface area contributed by atoms with Crippen molar-refractivity contribution in [1.82, 2.24) is 30.0 Å². The molecule has 10 heteroatoms. The zero-order chi connectivity index (χ0) is 31.7. The molecule has 0 spiro atoms. The molecule has 0 aliphatic heterocycles. The molecule has 0 saturated carbocycles. The maximum atomic E-state index is 14.7. The normalized spacial score (nSPS) is 11.9. The molecule has 9 nitrogen and oxygen atoms in total. The van der Waals surface area contributed by atoms with Crippen LogP contribution in [0.4, 0.5) is 15.8 Å². The minimum atomic E-state index is -0.293. The van der Waals surface area contributed by atoms with E-state index in [2.05, 4.69) is 46.7 Å². The number of aromatic amines is 2. The molecular weight excluding hydrogens is 567 g/mol. The summed E-state index contributed by atoms with van der Waals surface area (Å²) in [7, 11) is 4.02. The first-order valence-corrected chi connectivity index (χ1v) is 14.9. The predicted molar refractivity (Wildman–Crippen MR) is 180 cm³/mol. The summed E-state index contributed by atoms with van der Waals surface area (Å²) in [4.78, 5) is 27.1. The zero-order valence-corrected chi connectivity index (χ0v) is 26.1. The molecule has 0 saturated heterocycles. The lowest BCUT2D eigenvalue weighted by atomic mass is 9.92. The van der Waals surface area contributed by atoms with E-state index >= 15 is 0 Å². The molecule has 4 aromatic heterocycles. The molecule has 0 unspecified atom stereocenters. The molecule has 230 valence electrons. The second-order valence-electron chi connectivity index (χ2n) is 12.9. The number of likely N-dealkylation sites (N-methyl/N-ethyl adjacent to an activating group) is 1. The minimum absolute atomic E-state index is 0.0552. The number of aromatic nitrogens is 5. The van der Waals surface area contributed by atoms with Crippen molar-refractivity contribution >= 4 is 39.2 Å². The minimum Gasteiger partial charge on any atom is -0.384 e. The number of benzene rings is 2. The standard InChI is InChI=1S/C35H37FN8O/c1-35(2,3)17-32(45)40-26-13-22(18-37-20-26)23-14-29-33(42-43-34(29)39-19-23)31-16-28-27(7-6-8-30(28)41-31)21-11-24(36)15-25(12-21)38-9-10-44(4)5/h6-8,11-16,18-20,38,41H,9-10,17H2,1-5H3,(H,40,45)(H,39,42,43). The van der Waals surface area contributed by atoms with Gasteiger partial charge in [0.25, 0.3) is 0 Å². The smallest absolute Gasteiger partial charge is 0.224 e. The number of hydrogen-bond donors (Lipinski definition) is 4.